The minimum absolute atomic E-state index is 0.0491. The number of rotatable bonds is 9. The maximum Gasteiger partial charge on any atom is 0.254 e. The minimum atomic E-state index is -0.689. The van der Waals surface area contributed by atoms with Gasteiger partial charge in [-0.05, 0) is 31.4 Å². The van der Waals surface area contributed by atoms with Gasteiger partial charge >= 0.3 is 0 Å². The molecule has 4 nitrogen and oxygen atoms in total. The third kappa shape index (κ3) is 6.30. The second-order valence-corrected chi connectivity index (χ2v) is 6.58. The van der Waals surface area contributed by atoms with Gasteiger partial charge in [0.05, 0.1) is 5.56 Å². The molecule has 0 bridgehead atoms. The standard InChI is InChI=1S/C19H29FN2O2/c1-5-6-7-10-14(4)21-19(24)17(13(2)3)22-18(23)15-11-8-9-12-16(15)20/h8-9,11-14,17H,5-7,10H2,1-4H3,(H,21,24)(H,22,23). The van der Waals surface area contributed by atoms with Gasteiger partial charge in [-0.25, -0.2) is 4.39 Å². The van der Waals surface area contributed by atoms with Crippen LogP contribution in [0.4, 0.5) is 4.39 Å². The van der Waals surface area contributed by atoms with Gasteiger partial charge < -0.3 is 10.6 Å². The van der Waals surface area contributed by atoms with Crippen LogP contribution in [0.3, 0.4) is 0 Å². The van der Waals surface area contributed by atoms with Gasteiger partial charge in [0.25, 0.3) is 5.91 Å². The lowest BCUT2D eigenvalue weighted by atomic mass is 10.0. The van der Waals surface area contributed by atoms with Gasteiger partial charge in [-0.15, -0.1) is 0 Å². The van der Waals surface area contributed by atoms with Crippen LogP contribution in [0.25, 0.3) is 0 Å². The van der Waals surface area contributed by atoms with Crippen LogP contribution < -0.4 is 10.6 Å². The van der Waals surface area contributed by atoms with Crippen LogP contribution >= 0.6 is 0 Å². The topological polar surface area (TPSA) is 58.2 Å². The van der Waals surface area contributed by atoms with Crippen LogP contribution in [0.1, 0.15) is 63.7 Å². The summed E-state index contributed by atoms with van der Waals surface area (Å²) in [5.41, 5.74) is -0.0491. The third-order valence-electron chi connectivity index (χ3n) is 3.98. The van der Waals surface area contributed by atoms with Crippen molar-refractivity contribution in [3.05, 3.63) is 35.6 Å². The first kappa shape index (κ1) is 20.1. The molecule has 0 fully saturated rings. The molecule has 5 heteroatoms. The summed E-state index contributed by atoms with van der Waals surface area (Å²) in [6.45, 7) is 7.81. The van der Waals surface area contributed by atoms with Gasteiger partial charge in [0, 0.05) is 6.04 Å². The van der Waals surface area contributed by atoms with E-state index in [2.05, 4.69) is 17.6 Å². The van der Waals surface area contributed by atoms with Crippen molar-refractivity contribution >= 4 is 11.8 Å². The summed E-state index contributed by atoms with van der Waals surface area (Å²) in [5, 5.41) is 5.60. The van der Waals surface area contributed by atoms with Crippen LogP contribution in [0, 0.1) is 11.7 Å². The molecule has 2 unspecified atom stereocenters. The lowest BCUT2D eigenvalue weighted by Gasteiger charge is -2.24. The molecule has 0 aromatic heterocycles. The van der Waals surface area contributed by atoms with E-state index in [4.69, 9.17) is 0 Å². The molecule has 0 aliphatic heterocycles. The Morgan fingerprint density at radius 1 is 1.08 bits per heavy atom. The lowest BCUT2D eigenvalue weighted by Crippen LogP contribution is -2.51. The molecule has 1 rings (SSSR count). The van der Waals surface area contributed by atoms with Gasteiger partial charge in [0.15, 0.2) is 0 Å². The molecule has 1 aromatic carbocycles. The summed E-state index contributed by atoms with van der Waals surface area (Å²) >= 11 is 0. The van der Waals surface area contributed by atoms with Crippen LogP contribution in [-0.4, -0.2) is 23.9 Å². The first-order valence-corrected chi connectivity index (χ1v) is 8.72. The maximum absolute atomic E-state index is 13.7. The molecule has 2 atom stereocenters. The van der Waals surface area contributed by atoms with Crippen molar-refractivity contribution in [2.75, 3.05) is 0 Å². The monoisotopic (exact) mass is 336 g/mol. The molecule has 0 aliphatic carbocycles. The van der Waals surface area contributed by atoms with E-state index in [-0.39, 0.29) is 23.4 Å². The summed E-state index contributed by atoms with van der Waals surface area (Å²) in [6.07, 6.45) is 4.24. The van der Waals surface area contributed by atoms with Crippen LogP contribution in [-0.2, 0) is 4.79 Å². The summed E-state index contributed by atoms with van der Waals surface area (Å²) in [5.74, 6) is -1.48. The Bertz CT molecular complexity index is 546. The van der Waals surface area contributed by atoms with E-state index in [9.17, 15) is 14.0 Å². The number of nitrogens with one attached hydrogen (secondary N) is 2. The molecule has 134 valence electrons. The first-order valence-electron chi connectivity index (χ1n) is 8.72. The number of carbonyl (C=O) groups excluding carboxylic acids is 2. The number of carbonyl (C=O) groups is 2. The number of amides is 2. The fraction of sp³-hybridized carbons (Fsp3) is 0.579. The molecule has 2 N–H and O–H groups in total. The second kappa shape index (κ2) is 10.1. The molecular formula is C19H29FN2O2. The first-order chi connectivity index (χ1) is 11.4. The summed E-state index contributed by atoms with van der Waals surface area (Å²) in [4.78, 5) is 24.7. The zero-order valence-corrected chi connectivity index (χ0v) is 15.1. The summed E-state index contributed by atoms with van der Waals surface area (Å²) in [6, 6.07) is 5.12. The van der Waals surface area contributed by atoms with Crippen molar-refractivity contribution in [3.63, 3.8) is 0 Å². The highest BCUT2D eigenvalue weighted by atomic mass is 19.1. The van der Waals surface area contributed by atoms with Gasteiger partial charge in [0.2, 0.25) is 5.91 Å². The Kier molecular flexibility index (Phi) is 8.44. The fourth-order valence-electron chi connectivity index (χ4n) is 2.50. The average molecular weight is 336 g/mol. The van der Waals surface area contributed by atoms with Gasteiger partial charge in [-0.1, -0.05) is 52.2 Å². The predicted molar refractivity (Wildman–Crippen MR) is 94.2 cm³/mol. The molecular weight excluding hydrogens is 307 g/mol. The third-order valence-corrected chi connectivity index (χ3v) is 3.98. The molecule has 0 spiro atoms. The molecule has 0 saturated heterocycles. The highest BCUT2D eigenvalue weighted by molar-refractivity contribution is 5.97. The average Bonchev–Trinajstić information content (AvgIpc) is 2.52. The summed E-state index contributed by atoms with van der Waals surface area (Å²) in [7, 11) is 0. The fourth-order valence-corrected chi connectivity index (χ4v) is 2.50. The number of hydrogen-bond acceptors (Lipinski definition) is 2. The van der Waals surface area contributed by atoms with E-state index in [1.807, 2.05) is 20.8 Å². The highest BCUT2D eigenvalue weighted by Crippen LogP contribution is 2.10. The number of benzene rings is 1. The smallest absolute Gasteiger partial charge is 0.254 e. The quantitative estimate of drug-likeness (QED) is 0.676. The Morgan fingerprint density at radius 3 is 2.33 bits per heavy atom. The Morgan fingerprint density at radius 2 is 1.75 bits per heavy atom. The van der Waals surface area contributed by atoms with Crippen molar-refractivity contribution in [1.29, 1.82) is 0 Å². The van der Waals surface area contributed by atoms with Gasteiger partial charge in [-0.3, -0.25) is 9.59 Å². The van der Waals surface area contributed by atoms with Crippen molar-refractivity contribution in [2.45, 2.75) is 65.5 Å². The number of unbranched alkanes of at least 4 members (excludes halogenated alkanes) is 2. The Labute approximate surface area is 144 Å². The van der Waals surface area contributed by atoms with E-state index < -0.39 is 17.8 Å². The Balaban J connectivity index is 2.68. The van der Waals surface area contributed by atoms with Crippen molar-refractivity contribution in [2.24, 2.45) is 5.92 Å². The van der Waals surface area contributed by atoms with E-state index in [1.165, 1.54) is 18.2 Å². The van der Waals surface area contributed by atoms with Crippen LogP contribution in [0.2, 0.25) is 0 Å². The SMILES string of the molecule is CCCCCC(C)NC(=O)C(NC(=O)c1ccccc1F)C(C)C. The summed E-state index contributed by atoms with van der Waals surface area (Å²) < 4.78 is 13.7. The van der Waals surface area contributed by atoms with Crippen LogP contribution in [0.15, 0.2) is 24.3 Å². The number of hydrogen-bond donors (Lipinski definition) is 2. The maximum atomic E-state index is 13.7. The molecule has 0 saturated carbocycles. The minimum Gasteiger partial charge on any atom is -0.352 e. The lowest BCUT2D eigenvalue weighted by molar-refractivity contribution is -0.124. The van der Waals surface area contributed by atoms with E-state index in [0.717, 1.165) is 25.7 Å². The normalized spacial score (nSPS) is 13.4. The zero-order chi connectivity index (χ0) is 18.1. The zero-order valence-electron chi connectivity index (χ0n) is 15.1. The molecule has 24 heavy (non-hydrogen) atoms. The predicted octanol–water partition coefficient (Wildman–Crippen LogP) is 3.67. The van der Waals surface area contributed by atoms with Crippen molar-refractivity contribution in [3.8, 4) is 0 Å². The second-order valence-electron chi connectivity index (χ2n) is 6.58. The Hall–Kier alpha value is -1.91. The van der Waals surface area contributed by atoms with E-state index in [1.54, 1.807) is 6.07 Å². The number of halogens is 1. The van der Waals surface area contributed by atoms with Crippen LogP contribution in [0.5, 0.6) is 0 Å². The highest BCUT2D eigenvalue weighted by Gasteiger charge is 2.26. The molecule has 1 aromatic rings. The molecule has 2 amide bonds. The molecule has 0 radical (unpaired) electrons. The van der Waals surface area contributed by atoms with Gasteiger partial charge in [-0.2, -0.15) is 0 Å². The van der Waals surface area contributed by atoms with Crippen molar-refractivity contribution in [1.82, 2.24) is 10.6 Å². The van der Waals surface area contributed by atoms with E-state index >= 15 is 0 Å². The molecule has 0 heterocycles. The largest absolute Gasteiger partial charge is 0.352 e. The van der Waals surface area contributed by atoms with E-state index in [0.29, 0.717) is 0 Å². The molecule has 0 aliphatic rings. The van der Waals surface area contributed by atoms with Crippen molar-refractivity contribution < 1.29 is 14.0 Å². The van der Waals surface area contributed by atoms with Gasteiger partial charge in [0.1, 0.15) is 11.9 Å².